The molecule has 4 aliphatic heterocycles. The third kappa shape index (κ3) is 4.72. The summed E-state index contributed by atoms with van der Waals surface area (Å²) in [5, 5.41) is 43.3. The summed E-state index contributed by atoms with van der Waals surface area (Å²) in [5.41, 5.74) is -0.0125. The van der Waals surface area contributed by atoms with E-state index in [0.717, 1.165) is 0 Å². The van der Waals surface area contributed by atoms with Crippen LogP contribution in [-0.2, 0) is 25.7 Å². The average molecular weight is 550 g/mol. The maximum Gasteiger partial charge on any atom is 0.353 e. The molecular formula is C23H31N7O7S. The van der Waals surface area contributed by atoms with Gasteiger partial charge in [-0.3, -0.25) is 14.4 Å². The summed E-state index contributed by atoms with van der Waals surface area (Å²) >= 11 is 1.38. The highest BCUT2D eigenvalue weighted by Gasteiger charge is 2.60. The van der Waals surface area contributed by atoms with Crippen molar-refractivity contribution in [3.05, 3.63) is 16.9 Å². The van der Waals surface area contributed by atoms with Crippen molar-refractivity contribution in [1.82, 2.24) is 35.3 Å². The summed E-state index contributed by atoms with van der Waals surface area (Å²) in [5.74, 6) is -2.76. The Labute approximate surface area is 222 Å². The molecule has 1 aromatic heterocycles. The molecule has 5 heterocycles. The Bertz CT molecular complexity index is 1150. The zero-order chi connectivity index (χ0) is 27.3. The Balaban J connectivity index is 1.23. The van der Waals surface area contributed by atoms with Crippen LogP contribution in [-0.4, -0.2) is 118 Å². The highest BCUT2D eigenvalue weighted by molar-refractivity contribution is 8.03. The molecular weight excluding hydrogens is 518 g/mol. The van der Waals surface area contributed by atoms with Gasteiger partial charge in [-0.05, 0) is 22.8 Å². The summed E-state index contributed by atoms with van der Waals surface area (Å²) in [6.07, 6.45) is 0.0346. The molecule has 38 heavy (non-hydrogen) atoms. The SMILES string of the molecule is C[C@@H](CC(=O)Cn1cnnn1)[C@H]1C(=O)N2C(C(=O)O)=C(S[C@@H]3CN[C@H](C(=O)N4C[C@@H](O)[C@H](O)C4)C3)[C@H](C)[C@H]12. The summed E-state index contributed by atoms with van der Waals surface area (Å²) in [6, 6.07) is -0.834. The molecule has 4 N–H and O–H groups in total. The number of carboxylic acid groups (broad SMARTS) is 1. The lowest BCUT2D eigenvalue weighted by atomic mass is 9.73. The summed E-state index contributed by atoms with van der Waals surface area (Å²) < 4.78 is 1.32. The predicted molar refractivity (Wildman–Crippen MR) is 131 cm³/mol. The number of tetrazole rings is 1. The lowest BCUT2D eigenvalue weighted by molar-refractivity contribution is -0.160. The van der Waals surface area contributed by atoms with Gasteiger partial charge in [0.25, 0.3) is 0 Å². The second-order valence-electron chi connectivity index (χ2n) is 10.6. The molecule has 3 saturated heterocycles. The number of aliphatic hydroxyl groups excluding tert-OH is 2. The molecule has 14 nitrogen and oxygen atoms in total. The predicted octanol–water partition coefficient (Wildman–Crippen LogP) is -1.93. The van der Waals surface area contributed by atoms with Crippen molar-refractivity contribution in [2.24, 2.45) is 17.8 Å². The Kier molecular flexibility index (Phi) is 7.28. The molecule has 0 radical (unpaired) electrons. The first-order chi connectivity index (χ1) is 18.1. The van der Waals surface area contributed by atoms with Crippen molar-refractivity contribution in [1.29, 1.82) is 0 Å². The zero-order valence-corrected chi connectivity index (χ0v) is 21.8. The van der Waals surface area contributed by atoms with Crippen LogP contribution in [0.15, 0.2) is 16.9 Å². The highest BCUT2D eigenvalue weighted by Crippen LogP contribution is 2.53. The maximum absolute atomic E-state index is 13.1. The summed E-state index contributed by atoms with van der Waals surface area (Å²) in [7, 11) is 0. The first-order valence-corrected chi connectivity index (χ1v) is 13.5. The molecule has 206 valence electrons. The van der Waals surface area contributed by atoms with Crippen LogP contribution in [0.25, 0.3) is 0 Å². The van der Waals surface area contributed by atoms with E-state index in [1.807, 2.05) is 13.8 Å². The fourth-order valence-corrected chi connectivity index (χ4v) is 7.56. The number of carboxylic acids is 1. The molecule has 8 atom stereocenters. The van der Waals surface area contributed by atoms with E-state index >= 15 is 0 Å². The van der Waals surface area contributed by atoms with Gasteiger partial charge in [-0.25, -0.2) is 9.48 Å². The first-order valence-electron chi connectivity index (χ1n) is 12.6. The molecule has 0 unspecified atom stereocenters. The number of β-lactam (4-membered cyclic amide) rings is 1. The number of likely N-dealkylation sites (tertiary alicyclic amines) is 1. The van der Waals surface area contributed by atoms with E-state index in [9.17, 15) is 34.5 Å². The van der Waals surface area contributed by atoms with Gasteiger partial charge in [0, 0.05) is 42.1 Å². The zero-order valence-electron chi connectivity index (χ0n) is 21.0. The van der Waals surface area contributed by atoms with E-state index in [0.29, 0.717) is 17.9 Å². The van der Waals surface area contributed by atoms with Crippen molar-refractivity contribution in [3.63, 3.8) is 0 Å². The number of fused-ring (bicyclic) bond motifs is 1. The summed E-state index contributed by atoms with van der Waals surface area (Å²) in [6.45, 7) is 4.39. The number of β-amino-alcohol motifs (C(OH)–C–C–N with tert-alkyl or cyclic N) is 2. The number of aliphatic hydroxyl groups is 2. The van der Waals surface area contributed by atoms with E-state index in [4.69, 9.17) is 0 Å². The molecule has 0 aliphatic carbocycles. The number of Topliss-reactive ketones (excluding diaryl/α,β-unsaturated/α-hetero) is 1. The lowest BCUT2D eigenvalue weighted by Gasteiger charge is -2.47. The van der Waals surface area contributed by atoms with Gasteiger partial charge in [0.1, 0.15) is 18.6 Å². The molecule has 0 aromatic carbocycles. The summed E-state index contributed by atoms with van der Waals surface area (Å²) in [4.78, 5) is 54.2. The molecule has 0 bridgehead atoms. The first kappa shape index (κ1) is 26.7. The van der Waals surface area contributed by atoms with Gasteiger partial charge >= 0.3 is 5.97 Å². The van der Waals surface area contributed by atoms with Crippen LogP contribution in [0.5, 0.6) is 0 Å². The number of thioether (sulfide) groups is 1. The van der Waals surface area contributed by atoms with Crippen LogP contribution in [0.3, 0.4) is 0 Å². The molecule has 1 aromatic rings. The van der Waals surface area contributed by atoms with Crippen LogP contribution >= 0.6 is 11.8 Å². The quantitative estimate of drug-likeness (QED) is 0.250. The van der Waals surface area contributed by atoms with Crippen LogP contribution in [0.1, 0.15) is 26.7 Å². The van der Waals surface area contributed by atoms with Crippen LogP contribution in [0.2, 0.25) is 0 Å². The number of hydrogen-bond donors (Lipinski definition) is 4. The number of ketones is 1. The molecule has 4 aliphatic rings. The van der Waals surface area contributed by atoms with E-state index in [-0.39, 0.29) is 72.5 Å². The van der Waals surface area contributed by atoms with Crippen molar-refractivity contribution in [2.45, 2.75) is 62.8 Å². The lowest BCUT2D eigenvalue weighted by Crippen LogP contribution is -2.62. The number of nitrogens with zero attached hydrogens (tertiary/aromatic N) is 6. The smallest absolute Gasteiger partial charge is 0.353 e. The number of carbonyl (C=O) groups excluding carboxylic acids is 3. The minimum atomic E-state index is -1.17. The van der Waals surface area contributed by atoms with Crippen molar-refractivity contribution < 1.29 is 34.5 Å². The number of aliphatic carboxylic acids is 1. The van der Waals surface area contributed by atoms with Crippen LogP contribution in [0.4, 0.5) is 0 Å². The standard InChI is InChI=1S/C23H31N7O7S/c1-10(3-12(31)6-29-9-25-26-27-29)17-18-11(2)20(19(23(36)37)30(18)22(17)35)38-13-4-14(24-5-13)21(34)28-7-15(32)16(33)8-28/h9-11,13-18,24,32-33H,3-8H2,1-2H3,(H,36,37)/t10-,11+,13-,14-,15+,16+,17+,18+/m0/s1. The maximum atomic E-state index is 13.1. The van der Waals surface area contributed by atoms with E-state index in [1.165, 1.54) is 32.6 Å². The van der Waals surface area contributed by atoms with Crippen molar-refractivity contribution >= 4 is 35.3 Å². The fourth-order valence-electron chi connectivity index (χ4n) is 6.08. The van der Waals surface area contributed by atoms with E-state index < -0.39 is 30.1 Å². The normalized spacial score (nSPS) is 33.5. The van der Waals surface area contributed by atoms with Gasteiger partial charge in [-0.1, -0.05) is 13.8 Å². The second-order valence-corrected chi connectivity index (χ2v) is 11.9. The number of amides is 2. The van der Waals surface area contributed by atoms with Crippen LogP contribution in [0, 0.1) is 17.8 Å². The number of rotatable bonds is 9. The average Bonchev–Trinajstić information content (AvgIpc) is 3.63. The molecule has 0 saturated carbocycles. The van der Waals surface area contributed by atoms with Gasteiger partial charge < -0.3 is 30.4 Å². The number of carbonyl (C=O) groups is 4. The number of hydrogen-bond acceptors (Lipinski definition) is 11. The van der Waals surface area contributed by atoms with Gasteiger partial charge in [-0.2, -0.15) is 0 Å². The number of nitrogens with one attached hydrogen (secondary N) is 1. The Morgan fingerprint density at radius 2 is 1.95 bits per heavy atom. The molecule has 3 fully saturated rings. The molecule has 2 amide bonds. The molecule has 15 heteroatoms. The highest BCUT2D eigenvalue weighted by atomic mass is 32.2. The topological polar surface area (TPSA) is 191 Å². The minimum absolute atomic E-state index is 0.00578. The van der Waals surface area contributed by atoms with Gasteiger partial charge in [0.15, 0.2) is 5.78 Å². The van der Waals surface area contributed by atoms with Gasteiger partial charge in [-0.15, -0.1) is 16.9 Å². The third-order valence-electron chi connectivity index (χ3n) is 7.94. The van der Waals surface area contributed by atoms with E-state index in [1.54, 1.807) is 0 Å². The Morgan fingerprint density at radius 3 is 2.58 bits per heavy atom. The molecule has 0 spiro atoms. The van der Waals surface area contributed by atoms with Gasteiger partial charge in [0.2, 0.25) is 11.8 Å². The van der Waals surface area contributed by atoms with Crippen molar-refractivity contribution in [3.8, 4) is 0 Å². The van der Waals surface area contributed by atoms with Crippen LogP contribution < -0.4 is 5.32 Å². The monoisotopic (exact) mass is 549 g/mol. The third-order valence-corrected chi connectivity index (χ3v) is 9.45. The van der Waals surface area contributed by atoms with Crippen molar-refractivity contribution in [2.75, 3.05) is 19.6 Å². The number of aromatic nitrogens is 4. The minimum Gasteiger partial charge on any atom is -0.477 e. The second kappa shape index (κ2) is 10.4. The largest absolute Gasteiger partial charge is 0.477 e. The molecule has 5 rings (SSSR count). The van der Waals surface area contributed by atoms with Gasteiger partial charge in [0.05, 0.1) is 30.2 Å². The Morgan fingerprint density at radius 1 is 1.24 bits per heavy atom. The van der Waals surface area contributed by atoms with E-state index in [2.05, 4.69) is 20.8 Å². The Hall–Kier alpha value is -2.88. The fraction of sp³-hybridized carbons (Fsp3) is 0.696.